The van der Waals surface area contributed by atoms with Crippen molar-refractivity contribution in [3.8, 4) is 5.75 Å². The zero-order chi connectivity index (χ0) is 22.2. The summed E-state index contributed by atoms with van der Waals surface area (Å²) >= 11 is 0. The van der Waals surface area contributed by atoms with Gasteiger partial charge in [-0.05, 0) is 36.4 Å². The van der Waals surface area contributed by atoms with E-state index in [1.165, 1.54) is 31.5 Å². The molecule has 0 saturated heterocycles. The number of para-hydroxylation sites is 1. The second-order valence-corrected chi connectivity index (χ2v) is 8.07. The topological polar surface area (TPSA) is 139 Å². The van der Waals surface area contributed by atoms with Crippen LogP contribution in [0.3, 0.4) is 0 Å². The summed E-state index contributed by atoms with van der Waals surface area (Å²) in [7, 11) is -0.906. The minimum Gasteiger partial charge on any atom is -0.495 e. The number of primary sulfonamides is 1. The van der Waals surface area contributed by atoms with E-state index in [1.807, 2.05) is 0 Å². The maximum Gasteiger partial charge on any atom is 0.241 e. The normalized spacial score (nSPS) is 11.5. The molecule has 4 rings (SSSR count). The van der Waals surface area contributed by atoms with Gasteiger partial charge in [-0.2, -0.15) is 10.1 Å². The third-order valence-electron chi connectivity index (χ3n) is 4.56. The van der Waals surface area contributed by atoms with E-state index in [9.17, 15) is 12.8 Å². The number of aromatic nitrogens is 4. The number of hydrogen-bond donors (Lipinski definition) is 3. The number of fused-ring (bicyclic) bond motifs is 1. The van der Waals surface area contributed by atoms with Gasteiger partial charge in [-0.15, -0.1) is 0 Å². The molecule has 0 radical (unpaired) electrons. The first kappa shape index (κ1) is 20.5. The standard InChI is InChI=1S/C19H18FN7O3S/c1-27(18-12-4-3-5-13(20)17(12)25-26-18)16-8-9-22-19(24-16)23-11-6-7-14(30-2)15(10-11)31(21,28)29/h3-10H,1-2H3,(H,25,26)(H2,21,28,29)(H,22,23,24). The number of hydrogen-bond acceptors (Lipinski definition) is 8. The average Bonchev–Trinajstić information content (AvgIpc) is 3.18. The van der Waals surface area contributed by atoms with E-state index in [0.29, 0.717) is 28.2 Å². The lowest BCUT2D eigenvalue weighted by atomic mass is 10.2. The van der Waals surface area contributed by atoms with Crippen LogP contribution in [0.1, 0.15) is 0 Å². The van der Waals surface area contributed by atoms with E-state index in [-0.39, 0.29) is 16.6 Å². The number of nitrogens with two attached hydrogens (primary N) is 1. The molecule has 0 bridgehead atoms. The third kappa shape index (κ3) is 3.98. The van der Waals surface area contributed by atoms with Crippen LogP contribution in [0.2, 0.25) is 0 Å². The van der Waals surface area contributed by atoms with Crippen LogP contribution in [0, 0.1) is 5.82 Å². The molecule has 31 heavy (non-hydrogen) atoms. The second-order valence-electron chi connectivity index (χ2n) is 6.54. The Morgan fingerprint density at radius 3 is 2.77 bits per heavy atom. The molecule has 2 aromatic carbocycles. The molecule has 2 aromatic heterocycles. The van der Waals surface area contributed by atoms with Gasteiger partial charge >= 0.3 is 0 Å². The van der Waals surface area contributed by atoms with Crippen molar-refractivity contribution < 1.29 is 17.5 Å². The fourth-order valence-corrected chi connectivity index (χ4v) is 3.78. The highest BCUT2D eigenvalue weighted by molar-refractivity contribution is 7.89. The molecule has 0 aliphatic rings. The summed E-state index contributed by atoms with van der Waals surface area (Å²) in [4.78, 5) is 10.1. The minimum absolute atomic E-state index is 0.125. The Morgan fingerprint density at radius 2 is 2.03 bits per heavy atom. The van der Waals surface area contributed by atoms with E-state index >= 15 is 0 Å². The number of halogens is 1. The summed E-state index contributed by atoms with van der Waals surface area (Å²) in [5, 5.41) is 15.7. The molecule has 0 aliphatic heterocycles. The van der Waals surface area contributed by atoms with Crippen LogP contribution in [-0.4, -0.2) is 42.7 Å². The van der Waals surface area contributed by atoms with Gasteiger partial charge in [0.2, 0.25) is 16.0 Å². The van der Waals surface area contributed by atoms with E-state index < -0.39 is 15.8 Å². The highest BCUT2D eigenvalue weighted by Crippen LogP contribution is 2.30. The molecule has 0 fully saturated rings. The number of nitrogens with zero attached hydrogens (tertiary/aromatic N) is 4. The zero-order valence-corrected chi connectivity index (χ0v) is 17.3. The van der Waals surface area contributed by atoms with Crippen molar-refractivity contribution in [2.75, 3.05) is 24.4 Å². The summed E-state index contributed by atoms with van der Waals surface area (Å²) < 4.78 is 42.6. The fraction of sp³-hybridized carbons (Fsp3) is 0.105. The predicted molar refractivity (Wildman–Crippen MR) is 114 cm³/mol. The molecule has 10 nitrogen and oxygen atoms in total. The summed E-state index contributed by atoms with van der Waals surface area (Å²) in [6.45, 7) is 0. The predicted octanol–water partition coefficient (Wildman–Crippen LogP) is 2.66. The number of H-pyrrole nitrogens is 1. The number of nitrogens with one attached hydrogen (secondary N) is 2. The molecule has 4 aromatic rings. The van der Waals surface area contributed by atoms with E-state index in [4.69, 9.17) is 9.88 Å². The van der Waals surface area contributed by atoms with Gasteiger partial charge in [0.05, 0.1) is 7.11 Å². The lowest BCUT2D eigenvalue weighted by molar-refractivity contribution is 0.403. The second kappa shape index (κ2) is 7.81. The maximum atomic E-state index is 14.0. The van der Waals surface area contributed by atoms with Crippen molar-refractivity contribution in [1.82, 2.24) is 20.2 Å². The van der Waals surface area contributed by atoms with Gasteiger partial charge in [0.25, 0.3) is 0 Å². The van der Waals surface area contributed by atoms with Crippen LogP contribution in [0.5, 0.6) is 5.75 Å². The smallest absolute Gasteiger partial charge is 0.241 e. The Bertz CT molecular complexity index is 1370. The van der Waals surface area contributed by atoms with Gasteiger partial charge < -0.3 is 15.0 Å². The van der Waals surface area contributed by atoms with Crippen LogP contribution in [0.4, 0.5) is 27.7 Å². The van der Waals surface area contributed by atoms with E-state index in [1.54, 1.807) is 36.2 Å². The fourth-order valence-electron chi connectivity index (χ4n) is 3.06. The van der Waals surface area contributed by atoms with Crippen LogP contribution in [-0.2, 0) is 10.0 Å². The molecule has 0 amide bonds. The average molecular weight is 443 g/mol. The van der Waals surface area contributed by atoms with Crippen LogP contribution in [0.15, 0.2) is 53.6 Å². The maximum absolute atomic E-state index is 14.0. The molecule has 0 saturated carbocycles. The molecule has 12 heteroatoms. The molecule has 0 atom stereocenters. The number of aromatic amines is 1. The first-order valence-electron chi connectivity index (χ1n) is 8.95. The van der Waals surface area contributed by atoms with Gasteiger partial charge in [-0.1, -0.05) is 6.07 Å². The van der Waals surface area contributed by atoms with E-state index in [2.05, 4.69) is 25.5 Å². The monoisotopic (exact) mass is 443 g/mol. The van der Waals surface area contributed by atoms with Crippen molar-refractivity contribution in [3.05, 3.63) is 54.5 Å². The highest BCUT2D eigenvalue weighted by atomic mass is 32.2. The molecule has 0 unspecified atom stereocenters. The Kier molecular flexibility index (Phi) is 5.17. The Morgan fingerprint density at radius 1 is 1.23 bits per heavy atom. The Balaban J connectivity index is 1.65. The van der Waals surface area contributed by atoms with Gasteiger partial charge in [-0.25, -0.2) is 22.9 Å². The first-order chi connectivity index (χ1) is 14.8. The van der Waals surface area contributed by atoms with Crippen molar-refractivity contribution in [2.24, 2.45) is 5.14 Å². The first-order valence-corrected chi connectivity index (χ1v) is 10.5. The SMILES string of the molecule is COc1ccc(Nc2nccc(N(C)c3n[nH]c4c(F)cccc34)n2)cc1S(N)(=O)=O. The Labute approximate surface area is 176 Å². The molecule has 160 valence electrons. The highest BCUT2D eigenvalue weighted by Gasteiger charge is 2.17. The van der Waals surface area contributed by atoms with Crippen LogP contribution < -0.4 is 20.1 Å². The van der Waals surface area contributed by atoms with Gasteiger partial charge in [0.1, 0.15) is 27.8 Å². The summed E-state index contributed by atoms with van der Waals surface area (Å²) in [6.07, 6.45) is 1.53. The number of anilines is 4. The zero-order valence-electron chi connectivity index (χ0n) is 16.5. The third-order valence-corrected chi connectivity index (χ3v) is 5.49. The lowest BCUT2D eigenvalue weighted by Crippen LogP contribution is -2.14. The summed E-state index contributed by atoms with van der Waals surface area (Å²) in [5.74, 6) is 0.899. The molecular weight excluding hydrogens is 425 g/mol. The van der Waals surface area contributed by atoms with Gasteiger partial charge in [0.15, 0.2) is 5.82 Å². The van der Waals surface area contributed by atoms with Crippen molar-refractivity contribution >= 4 is 44.2 Å². The molecule has 2 heterocycles. The number of ether oxygens (including phenoxy) is 1. The molecular formula is C19H18FN7O3S. The lowest BCUT2D eigenvalue weighted by Gasteiger charge is -2.16. The number of rotatable bonds is 6. The molecule has 4 N–H and O–H groups in total. The molecule has 0 spiro atoms. The number of sulfonamides is 1. The van der Waals surface area contributed by atoms with E-state index in [0.717, 1.165) is 0 Å². The van der Waals surface area contributed by atoms with Crippen molar-refractivity contribution in [1.29, 1.82) is 0 Å². The van der Waals surface area contributed by atoms with Gasteiger partial charge in [0, 0.05) is 24.3 Å². The van der Waals surface area contributed by atoms with Gasteiger partial charge in [-0.3, -0.25) is 5.10 Å². The summed E-state index contributed by atoms with van der Waals surface area (Å²) in [5.41, 5.74) is 0.697. The quantitative estimate of drug-likeness (QED) is 0.413. The molecule has 0 aliphatic carbocycles. The minimum atomic E-state index is -3.99. The number of methoxy groups -OCH3 is 1. The van der Waals surface area contributed by atoms with Crippen molar-refractivity contribution in [3.63, 3.8) is 0 Å². The largest absolute Gasteiger partial charge is 0.495 e. The van der Waals surface area contributed by atoms with Crippen LogP contribution in [0.25, 0.3) is 10.9 Å². The van der Waals surface area contributed by atoms with Crippen molar-refractivity contribution in [2.45, 2.75) is 4.90 Å². The summed E-state index contributed by atoms with van der Waals surface area (Å²) in [6, 6.07) is 10.8. The van der Waals surface area contributed by atoms with Crippen LogP contribution >= 0.6 is 0 Å². The Hall–Kier alpha value is -3.77. The number of benzene rings is 2.